The van der Waals surface area contributed by atoms with E-state index in [9.17, 15) is 0 Å². The summed E-state index contributed by atoms with van der Waals surface area (Å²) >= 11 is 0. The van der Waals surface area contributed by atoms with Gasteiger partial charge in [0.2, 0.25) is 0 Å². The molecule has 0 aromatic heterocycles. The molecule has 0 aliphatic heterocycles. The van der Waals surface area contributed by atoms with Crippen LogP contribution in [0.2, 0.25) is 0 Å². The summed E-state index contributed by atoms with van der Waals surface area (Å²) in [6, 6.07) is 0. The van der Waals surface area contributed by atoms with E-state index in [1.807, 2.05) is 0 Å². The molecule has 6 nitrogen and oxygen atoms in total. The number of nitrogens with one attached hydrogen (secondary N) is 2. The SMILES string of the molecule is CCCCOCCOCCNC(=NC)NCCOC1CCCCCC1. The molecular formula is C19H39N3O3. The van der Waals surface area contributed by atoms with Gasteiger partial charge in [-0.05, 0) is 19.3 Å². The summed E-state index contributed by atoms with van der Waals surface area (Å²) < 4.78 is 17.0. The second kappa shape index (κ2) is 16.6. The quantitative estimate of drug-likeness (QED) is 0.230. The van der Waals surface area contributed by atoms with Gasteiger partial charge in [0.05, 0.1) is 32.5 Å². The lowest BCUT2D eigenvalue weighted by Crippen LogP contribution is -2.40. The average molecular weight is 358 g/mol. The third kappa shape index (κ3) is 13.1. The van der Waals surface area contributed by atoms with Crippen molar-refractivity contribution in [1.82, 2.24) is 10.6 Å². The monoisotopic (exact) mass is 357 g/mol. The normalized spacial score (nSPS) is 16.6. The van der Waals surface area contributed by atoms with Crippen molar-refractivity contribution in [3.63, 3.8) is 0 Å². The number of ether oxygens (including phenoxy) is 3. The Morgan fingerprint density at radius 3 is 2.16 bits per heavy atom. The number of guanidine groups is 1. The third-order valence-electron chi connectivity index (χ3n) is 4.33. The van der Waals surface area contributed by atoms with E-state index in [0.29, 0.717) is 25.9 Å². The molecule has 1 aliphatic rings. The number of nitrogens with zero attached hydrogens (tertiary/aromatic N) is 1. The van der Waals surface area contributed by atoms with E-state index in [0.717, 1.165) is 38.7 Å². The highest BCUT2D eigenvalue weighted by atomic mass is 16.5. The first kappa shape index (κ1) is 22.2. The van der Waals surface area contributed by atoms with E-state index in [1.165, 1.54) is 44.9 Å². The van der Waals surface area contributed by atoms with E-state index in [2.05, 4.69) is 22.5 Å². The Balaban J connectivity index is 1.92. The largest absolute Gasteiger partial charge is 0.379 e. The maximum Gasteiger partial charge on any atom is 0.191 e. The third-order valence-corrected chi connectivity index (χ3v) is 4.33. The highest BCUT2D eigenvalue weighted by Crippen LogP contribution is 2.19. The maximum absolute atomic E-state index is 5.97. The molecule has 1 saturated carbocycles. The Bertz CT molecular complexity index is 319. The molecule has 0 aromatic rings. The van der Waals surface area contributed by atoms with Crippen molar-refractivity contribution in [3.05, 3.63) is 0 Å². The van der Waals surface area contributed by atoms with Crippen molar-refractivity contribution in [1.29, 1.82) is 0 Å². The van der Waals surface area contributed by atoms with Crippen molar-refractivity contribution >= 4 is 5.96 Å². The molecule has 0 amide bonds. The molecule has 0 saturated heterocycles. The van der Waals surface area contributed by atoms with Crippen LogP contribution in [0.15, 0.2) is 4.99 Å². The van der Waals surface area contributed by atoms with Crippen LogP contribution in [-0.2, 0) is 14.2 Å². The van der Waals surface area contributed by atoms with Crippen LogP contribution in [0.5, 0.6) is 0 Å². The van der Waals surface area contributed by atoms with Gasteiger partial charge in [-0.3, -0.25) is 4.99 Å². The minimum absolute atomic E-state index is 0.451. The van der Waals surface area contributed by atoms with E-state index in [-0.39, 0.29) is 0 Å². The van der Waals surface area contributed by atoms with E-state index < -0.39 is 0 Å². The summed E-state index contributed by atoms with van der Waals surface area (Å²) in [5, 5.41) is 6.53. The fourth-order valence-corrected chi connectivity index (χ4v) is 2.83. The first-order chi connectivity index (χ1) is 12.4. The summed E-state index contributed by atoms with van der Waals surface area (Å²) in [5.74, 6) is 0.798. The highest BCUT2D eigenvalue weighted by molar-refractivity contribution is 5.79. The smallest absolute Gasteiger partial charge is 0.191 e. The van der Waals surface area contributed by atoms with Gasteiger partial charge >= 0.3 is 0 Å². The van der Waals surface area contributed by atoms with Crippen molar-refractivity contribution in [2.24, 2.45) is 4.99 Å². The maximum atomic E-state index is 5.97. The van der Waals surface area contributed by atoms with Gasteiger partial charge in [0, 0.05) is 26.7 Å². The second-order valence-corrected chi connectivity index (χ2v) is 6.49. The minimum Gasteiger partial charge on any atom is -0.379 e. The lowest BCUT2D eigenvalue weighted by molar-refractivity contribution is 0.0464. The molecule has 0 bridgehead atoms. The lowest BCUT2D eigenvalue weighted by Gasteiger charge is -2.16. The molecule has 0 radical (unpaired) electrons. The van der Waals surface area contributed by atoms with Gasteiger partial charge in [0.15, 0.2) is 5.96 Å². The van der Waals surface area contributed by atoms with Gasteiger partial charge in [-0.2, -0.15) is 0 Å². The predicted molar refractivity (Wildman–Crippen MR) is 103 cm³/mol. The molecule has 2 N–H and O–H groups in total. The van der Waals surface area contributed by atoms with Gasteiger partial charge in [0.25, 0.3) is 0 Å². The molecule has 0 aromatic carbocycles. The Morgan fingerprint density at radius 1 is 0.880 bits per heavy atom. The van der Waals surface area contributed by atoms with Crippen molar-refractivity contribution in [2.75, 3.05) is 53.2 Å². The Morgan fingerprint density at radius 2 is 1.52 bits per heavy atom. The van der Waals surface area contributed by atoms with E-state index >= 15 is 0 Å². The molecule has 1 aliphatic carbocycles. The fraction of sp³-hybridized carbons (Fsp3) is 0.947. The Labute approximate surface area is 154 Å². The first-order valence-corrected chi connectivity index (χ1v) is 10.1. The zero-order valence-corrected chi connectivity index (χ0v) is 16.4. The fourth-order valence-electron chi connectivity index (χ4n) is 2.83. The average Bonchev–Trinajstić information content (AvgIpc) is 2.91. The summed E-state index contributed by atoms with van der Waals surface area (Å²) in [6.45, 7) is 7.21. The zero-order chi connectivity index (χ0) is 18.0. The van der Waals surface area contributed by atoms with Gasteiger partial charge in [-0.1, -0.05) is 39.0 Å². The molecule has 0 atom stereocenters. The van der Waals surface area contributed by atoms with Crippen molar-refractivity contribution < 1.29 is 14.2 Å². The molecule has 0 spiro atoms. The summed E-state index contributed by atoms with van der Waals surface area (Å²) in [4.78, 5) is 4.21. The predicted octanol–water partition coefficient (Wildman–Crippen LogP) is 2.72. The van der Waals surface area contributed by atoms with Crippen LogP contribution in [0.4, 0.5) is 0 Å². The topological polar surface area (TPSA) is 64.1 Å². The standard InChI is InChI=1S/C19H39N3O3/c1-3-4-13-23-16-17-24-14-11-21-19(20-2)22-12-15-25-18-9-7-5-6-8-10-18/h18H,3-17H2,1-2H3,(H2,20,21,22). The molecule has 0 unspecified atom stereocenters. The molecule has 6 heteroatoms. The summed E-state index contributed by atoms with van der Waals surface area (Å²) in [5.41, 5.74) is 0. The van der Waals surface area contributed by atoms with Crippen LogP contribution in [0.1, 0.15) is 58.3 Å². The molecular weight excluding hydrogens is 318 g/mol. The number of hydrogen-bond acceptors (Lipinski definition) is 4. The van der Waals surface area contributed by atoms with Gasteiger partial charge in [-0.25, -0.2) is 0 Å². The zero-order valence-electron chi connectivity index (χ0n) is 16.4. The van der Waals surface area contributed by atoms with Crippen LogP contribution in [0.25, 0.3) is 0 Å². The number of rotatable bonds is 13. The van der Waals surface area contributed by atoms with Crippen molar-refractivity contribution in [2.45, 2.75) is 64.4 Å². The Hall–Kier alpha value is -0.850. The highest BCUT2D eigenvalue weighted by Gasteiger charge is 2.11. The number of hydrogen-bond donors (Lipinski definition) is 2. The van der Waals surface area contributed by atoms with Crippen LogP contribution >= 0.6 is 0 Å². The van der Waals surface area contributed by atoms with Crippen molar-refractivity contribution in [3.8, 4) is 0 Å². The van der Waals surface area contributed by atoms with E-state index in [4.69, 9.17) is 14.2 Å². The second-order valence-electron chi connectivity index (χ2n) is 6.49. The summed E-state index contributed by atoms with van der Waals surface area (Å²) in [7, 11) is 1.78. The van der Waals surface area contributed by atoms with Gasteiger partial charge in [-0.15, -0.1) is 0 Å². The van der Waals surface area contributed by atoms with Crippen LogP contribution in [0, 0.1) is 0 Å². The van der Waals surface area contributed by atoms with E-state index in [1.54, 1.807) is 7.05 Å². The molecule has 1 rings (SSSR count). The van der Waals surface area contributed by atoms with Crippen LogP contribution in [0.3, 0.4) is 0 Å². The molecule has 25 heavy (non-hydrogen) atoms. The molecule has 148 valence electrons. The van der Waals surface area contributed by atoms with Crippen LogP contribution in [-0.4, -0.2) is 65.2 Å². The number of unbranched alkanes of at least 4 members (excludes halogenated alkanes) is 1. The van der Waals surface area contributed by atoms with Gasteiger partial charge in [0.1, 0.15) is 0 Å². The van der Waals surface area contributed by atoms with Gasteiger partial charge < -0.3 is 24.8 Å². The van der Waals surface area contributed by atoms with Crippen LogP contribution < -0.4 is 10.6 Å². The summed E-state index contributed by atoms with van der Waals surface area (Å²) in [6.07, 6.45) is 10.5. The Kier molecular flexibility index (Phi) is 14.7. The number of aliphatic imine (C=N–C) groups is 1. The molecule has 0 heterocycles. The first-order valence-electron chi connectivity index (χ1n) is 10.1. The lowest BCUT2D eigenvalue weighted by atomic mass is 10.1. The molecule has 1 fully saturated rings. The minimum atomic E-state index is 0.451.